The van der Waals surface area contributed by atoms with Gasteiger partial charge in [-0.05, 0) is 25.7 Å². The zero-order valence-corrected chi connectivity index (χ0v) is 14.0. The van der Waals surface area contributed by atoms with Crippen LogP contribution in [0, 0.1) is 0 Å². The van der Waals surface area contributed by atoms with Crippen molar-refractivity contribution in [3.63, 3.8) is 0 Å². The average molecular weight is 323 g/mol. The van der Waals surface area contributed by atoms with Crippen LogP contribution in [0.2, 0.25) is 0 Å². The summed E-state index contributed by atoms with van der Waals surface area (Å²) in [5.74, 6) is 2.41. The Hall–Kier alpha value is -2.50. The van der Waals surface area contributed by atoms with Crippen LogP contribution >= 0.6 is 0 Å². The first-order valence-corrected chi connectivity index (χ1v) is 8.65. The van der Waals surface area contributed by atoms with Crippen LogP contribution in [0.25, 0.3) is 22.4 Å². The van der Waals surface area contributed by atoms with Crippen molar-refractivity contribution < 1.29 is 4.42 Å². The van der Waals surface area contributed by atoms with Crippen LogP contribution < -0.4 is 5.32 Å². The molecule has 24 heavy (non-hydrogen) atoms. The Morgan fingerprint density at radius 1 is 1.04 bits per heavy atom. The highest BCUT2D eigenvalue weighted by molar-refractivity contribution is 5.98. The summed E-state index contributed by atoms with van der Waals surface area (Å²) in [5.41, 5.74) is 0.653. The number of rotatable bonds is 6. The molecule has 0 radical (unpaired) electrons. The summed E-state index contributed by atoms with van der Waals surface area (Å²) in [6.07, 6.45) is 4.35. The molecule has 2 heterocycles. The van der Waals surface area contributed by atoms with Crippen LogP contribution in [0.1, 0.15) is 51.3 Å². The number of aromatic nitrogens is 4. The molecule has 3 aromatic rings. The Labute approximate surface area is 140 Å². The molecule has 0 saturated heterocycles. The summed E-state index contributed by atoms with van der Waals surface area (Å²) in [5, 5.41) is 22.6. The molecule has 0 unspecified atom stereocenters. The van der Waals surface area contributed by atoms with Gasteiger partial charge in [0.2, 0.25) is 5.89 Å². The third-order valence-corrected chi connectivity index (χ3v) is 4.58. The van der Waals surface area contributed by atoms with Gasteiger partial charge in [-0.25, -0.2) is 0 Å². The molecule has 124 valence electrons. The maximum absolute atomic E-state index is 5.82. The van der Waals surface area contributed by atoms with Crippen LogP contribution in [0.15, 0.2) is 28.7 Å². The number of anilines is 1. The Balaban J connectivity index is 1.76. The van der Waals surface area contributed by atoms with E-state index in [9.17, 15) is 0 Å². The Kier molecular flexibility index (Phi) is 3.88. The zero-order chi connectivity index (χ0) is 16.5. The highest BCUT2D eigenvalue weighted by Gasteiger charge is 2.30. The molecule has 1 aromatic carbocycles. The normalized spacial score (nSPS) is 14.5. The van der Waals surface area contributed by atoms with Gasteiger partial charge >= 0.3 is 0 Å². The molecule has 0 atom stereocenters. The summed E-state index contributed by atoms with van der Waals surface area (Å²) >= 11 is 0. The maximum Gasteiger partial charge on any atom is 0.268 e. The van der Waals surface area contributed by atoms with Crippen molar-refractivity contribution in [2.24, 2.45) is 0 Å². The molecule has 6 nitrogen and oxygen atoms in total. The van der Waals surface area contributed by atoms with Gasteiger partial charge in [-0.15, -0.1) is 20.4 Å². The lowest BCUT2D eigenvalue weighted by atomic mass is 10.1. The lowest BCUT2D eigenvalue weighted by molar-refractivity contribution is 0.507. The Morgan fingerprint density at radius 2 is 1.79 bits per heavy atom. The first-order valence-electron chi connectivity index (χ1n) is 8.65. The fraction of sp³-hybridized carbons (Fsp3) is 0.444. The van der Waals surface area contributed by atoms with Gasteiger partial charge in [0.05, 0.1) is 0 Å². The van der Waals surface area contributed by atoms with E-state index in [1.54, 1.807) is 0 Å². The van der Waals surface area contributed by atoms with Crippen molar-refractivity contribution in [3.8, 4) is 11.6 Å². The molecule has 1 aliphatic rings. The summed E-state index contributed by atoms with van der Waals surface area (Å²) in [7, 11) is 0. The highest BCUT2D eigenvalue weighted by atomic mass is 16.4. The van der Waals surface area contributed by atoms with E-state index in [2.05, 4.69) is 45.6 Å². The van der Waals surface area contributed by atoms with Gasteiger partial charge in [0.15, 0.2) is 11.5 Å². The quantitative estimate of drug-likeness (QED) is 0.734. The predicted octanol–water partition coefficient (Wildman–Crippen LogP) is 4.16. The molecule has 0 spiro atoms. The molecule has 1 saturated carbocycles. The van der Waals surface area contributed by atoms with Crippen LogP contribution in [0.3, 0.4) is 0 Å². The van der Waals surface area contributed by atoms with Crippen molar-refractivity contribution in [1.29, 1.82) is 0 Å². The lowest BCUT2D eigenvalue weighted by Crippen LogP contribution is -2.18. The standard InChI is InChI=1S/C18H21N5O/c1-3-12(4-2)19-16-14-8-6-5-7-13(14)15(20-21-16)18-23-22-17(24-18)11-9-10-11/h5-8,11-12H,3-4,9-10H2,1-2H3,(H,19,21). The van der Waals surface area contributed by atoms with Crippen molar-refractivity contribution in [3.05, 3.63) is 30.2 Å². The number of hydrogen-bond acceptors (Lipinski definition) is 6. The number of nitrogens with one attached hydrogen (secondary N) is 1. The van der Waals surface area contributed by atoms with E-state index in [1.807, 2.05) is 18.2 Å². The van der Waals surface area contributed by atoms with Gasteiger partial charge in [-0.2, -0.15) is 0 Å². The molecule has 2 aromatic heterocycles. The smallest absolute Gasteiger partial charge is 0.268 e. The molecule has 4 rings (SSSR count). The predicted molar refractivity (Wildman–Crippen MR) is 92.8 cm³/mol. The van der Waals surface area contributed by atoms with E-state index in [4.69, 9.17) is 4.42 Å². The van der Waals surface area contributed by atoms with Gasteiger partial charge < -0.3 is 9.73 Å². The molecule has 0 aliphatic heterocycles. The van der Waals surface area contributed by atoms with E-state index >= 15 is 0 Å². The Bertz CT molecular complexity index is 851. The zero-order valence-electron chi connectivity index (χ0n) is 14.0. The van der Waals surface area contributed by atoms with E-state index in [0.29, 0.717) is 23.5 Å². The molecule has 1 aliphatic carbocycles. The summed E-state index contributed by atoms with van der Waals surface area (Å²) in [6, 6.07) is 8.47. The molecule has 0 amide bonds. The minimum absolute atomic E-state index is 0.387. The topological polar surface area (TPSA) is 76.7 Å². The van der Waals surface area contributed by atoms with Crippen LogP contribution in [0.5, 0.6) is 0 Å². The molecule has 1 N–H and O–H groups in total. The second kappa shape index (κ2) is 6.19. The third kappa shape index (κ3) is 2.72. The monoisotopic (exact) mass is 323 g/mol. The van der Waals surface area contributed by atoms with Crippen LogP contribution in [0.4, 0.5) is 5.82 Å². The molecule has 6 heteroatoms. The molecular weight excluding hydrogens is 302 g/mol. The highest BCUT2D eigenvalue weighted by Crippen LogP contribution is 2.40. The fourth-order valence-corrected chi connectivity index (χ4v) is 2.88. The summed E-state index contributed by atoms with van der Waals surface area (Å²) in [6.45, 7) is 4.34. The maximum atomic E-state index is 5.82. The van der Waals surface area contributed by atoms with E-state index in [0.717, 1.165) is 48.2 Å². The molecule has 1 fully saturated rings. The van der Waals surface area contributed by atoms with Crippen molar-refractivity contribution in [2.75, 3.05) is 5.32 Å². The van der Waals surface area contributed by atoms with Gasteiger partial charge in [-0.1, -0.05) is 38.1 Å². The number of nitrogens with zero attached hydrogens (tertiary/aromatic N) is 4. The summed E-state index contributed by atoms with van der Waals surface area (Å²) < 4.78 is 5.82. The first kappa shape index (κ1) is 15.1. The lowest BCUT2D eigenvalue weighted by Gasteiger charge is -2.16. The van der Waals surface area contributed by atoms with Crippen molar-refractivity contribution in [1.82, 2.24) is 20.4 Å². The van der Waals surface area contributed by atoms with Gasteiger partial charge in [0.25, 0.3) is 5.89 Å². The minimum Gasteiger partial charge on any atom is -0.419 e. The fourth-order valence-electron chi connectivity index (χ4n) is 2.88. The van der Waals surface area contributed by atoms with Crippen molar-refractivity contribution >= 4 is 16.6 Å². The van der Waals surface area contributed by atoms with E-state index in [1.165, 1.54) is 0 Å². The summed E-state index contributed by atoms with van der Waals surface area (Å²) in [4.78, 5) is 0. The number of fused-ring (bicyclic) bond motifs is 1. The SMILES string of the molecule is CCC(CC)Nc1nnc(-c2nnc(C3CC3)o2)c2ccccc12. The first-order chi connectivity index (χ1) is 11.8. The number of hydrogen-bond donors (Lipinski definition) is 1. The second-order valence-electron chi connectivity index (χ2n) is 6.32. The second-order valence-corrected chi connectivity index (χ2v) is 6.32. The Morgan fingerprint density at radius 3 is 2.50 bits per heavy atom. The largest absolute Gasteiger partial charge is 0.419 e. The molecule has 0 bridgehead atoms. The van der Waals surface area contributed by atoms with Gasteiger partial charge in [0.1, 0.15) is 0 Å². The van der Waals surface area contributed by atoms with E-state index in [-0.39, 0.29) is 0 Å². The van der Waals surface area contributed by atoms with Gasteiger partial charge in [-0.3, -0.25) is 0 Å². The van der Waals surface area contributed by atoms with Crippen molar-refractivity contribution in [2.45, 2.75) is 51.5 Å². The average Bonchev–Trinajstić information content (AvgIpc) is 3.37. The van der Waals surface area contributed by atoms with Crippen LogP contribution in [-0.2, 0) is 0 Å². The van der Waals surface area contributed by atoms with Gasteiger partial charge in [0, 0.05) is 22.7 Å². The number of benzene rings is 1. The van der Waals surface area contributed by atoms with E-state index < -0.39 is 0 Å². The minimum atomic E-state index is 0.387. The third-order valence-electron chi connectivity index (χ3n) is 4.58. The molecular formula is C18H21N5O. The van der Waals surface area contributed by atoms with Crippen LogP contribution in [-0.4, -0.2) is 26.4 Å².